The minimum atomic E-state index is 0.163. The van der Waals surface area contributed by atoms with E-state index in [2.05, 4.69) is 18.8 Å². The first-order valence-corrected chi connectivity index (χ1v) is 8.30. The minimum Gasteiger partial charge on any atom is -0.507 e. The van der Waals surface area contributed by atoms with Gasteiger partial charge in [-0.3, -0.25) is 0 Å². The van der Waals surface area contributed by atoms with Crippen LogP contribution in [0, 0.1) is 12.8 Å². The Balaban J connectivity index is 1.97. The molecule has 2 atom stereocenters. The summed E-state index contributed by atoms with van der Waals surface area (Å²) >= 11 is 0. The molecule has 0 spiro atoms. The van der Waals surface area contributed by atoms with E-state index < -0.39 is 0 Å². The molecule has 5 nitrogen and oxygen atoms in total. The molecule has 2 unspecified atom stereocenters. The molecule has 1 fully saturated rings. The number of nitrogens with two attached hydrogens (primary N) is 2. The molecule has 2 heterocycles. The van der Waals surface area contributed by atoms with Crippen molar-refractivity contribution in [2.75, 3.05) is 18.9 Å². The summed E-state index contributed by atoms with van der Waals surface area (Å²) in [5.41, 5.74) is 16.7. The van der Waals surface area contributed by atoms with Crippen molar-refractivity contribution < 1.29 is 9.84 Å². The monoisotopic (exact) mass is 327 g/mol. The summed E-state index contributed by atoms with van der Waals surface area (Å²) in [6.07, 6.45) is 2.82. The normalized spacial score (nSPS) is 21.8. The van der Waals surface area contributed by atoms with Crippen LogP contribution in [0.4, 0.5) is 5.82 Å². The predicted molar refractivity (Wildman–Crippen MR) is 97.4 cm³/mol. The summed E-state index contributed by atoms with van der Waals surface area (Å²) in [6, 6.07) is 7.03. The van der Waals surface area contributed by atoms with Crippen molar-refractivity contribution in [3.8, 4) is 5.75 Å². The fourth-order valence-corrected chi connectivity index (χ4v) is 3.47. The van der Waals surface area contributed by atoms with Crippen molar-refractivity contribution in [1.29, 1.82) is 0 Å². The molecule has 0 aliphatic carbocycles. The van der Waals surface area contributed by atoms with Gasteiger partial charge in [0.05, 0.1) is 0 Å². The molecule has 3 rings (SSSR count). The zero-order chi connectivity index (χ0) is 17.3. The van der Waals surface area contributed by atoms with Gasteiger partial charge in [-0.2, -0.15) is 0 Å². The van der Waals surface area contributed by atoms with Crippen molar-refractivity contribution in [2.24, 2.45) is 11.7 Å². The number of hydrogen-bond donors (Lipinski definition) is 4. The van der Waals surface area contributed by atoms with Crippen LogP contribution < -0.4 is 11.5 Å². The zero-order valence-corrected chi connectivity index (χ0v) is 14.2. The first kappa shape index (κ1) is 16.5. The number of aromatic nitrogens is 1. The van der Waals surface area contributed by atoms with Crippen LogP contribution in [0.5, 0.6) is 5.75 Å². The Bertz CT molecular complexity index is 764. The Morgan fingerprint density at radius 2 is 2.12 bits per heavy atom. The van der Waals surface area contributed by atoms with Gasteiger partial charge in [0.2, 0.25) is 0 Å². The smallest absolute Gasteiger partial charge is 0.124 e. The lowest BCUT2D eigenvalue weighted by Crippen LogP contribution is -2.24. The second-order valence-corrected chi connectivity index (χ2v) is 6.56. The van der Waals surface area contributed by atoms with Crippen LogP contribution in [0.2, 0.25) is 0 Å². The largest absolute Gasteiger partial charge is 0.507 e. The van der Waals surface area contributed by atoms with E-state index >= 15 is 0 Å². The van der Waals surface area contributed by atoms with Crippen LogP contribution in [0.25, 0.3) is 11.8 Å². The molecule has 1 aromatic heterocycles. The fraction of sp³-hybridized carbons (Fsp3) is 0.368. The molecule has 5 heteroatoms. The zero-order valence-electron chi connectivity index (χ0n) is 14.2. The van der Waals surface area contributed by atoms with Gasteiger partial charge in [0.15, 0.2) is 0 Å². The molecular weight excluding hydrogens is 302 g/mol. The number of para-hydroxylation sites is 1. The number of aromatic amines is 1. The Hall–Kier alpha value is -2.40. The number of aromatic hydroxyl groups is 1. The van der Waals surface area contributed by atoms with Crippen LogP contribution in [-0.4, -0.2) is 23.3 Å². The summed E-state index contributed by atoms with van der Waals surface area (Å²) in [7, 11) is 0. The van der Waals surface area contributed by atoms with E-state index in [1.54, 1.807) is 18.2 Å². The highest BCUT2D eigenvalue weighted by Gasteiger charge is 2.27. The van der Waals surface area contributed by atoms with Crippen LogP contribution in [-0.2, 0) is 4.74 Å². The number of benzene rings is 1. The summed E-state index contributed by atoms with van der Waals surface area (Å²) in [5.74, 6) is 1.63. The number of anilines is 1. The highest BCUT2D eigenvalue weighted by molar-refractivity contribution is 5.85. The summed E-state index contributed by atoms with van der Waals surface area (Å²) < 4.78 is 5.54. The number of rotatable bonds is 3. The Labute approximate surface area is 142 Å². The average Bonchev–Trinajstić information content (AvgIpc) is 2.83. The molecule has 6 N–H and O–H groups in total. The molecule has 0 saturated carbocycles. The van der Waals surface area contributed by atoms with Gasteiger partial charge in [0.1, 0.15) is 11.6 Å². The van der Waals surface area contributed by atoms with Crippen LogP contribution in [0.1, 0.15) is 41.6 Å². The molecule has 0 amide bonds. The molecule has 1 aliphatic heterocycles. The molecular formula is C19H25N3O2. The van der Waals surface area contributed by atoms with Crippen LogP contribution in [0.3, 0.4) is 0 Å². The second-order valence-electron chi connectivity index (χ2n) is 6.56. The van der Waals surface area contributed by atoms with Crippen LogP contribution >= 0.6 is 0 Å². The van der Waals surface area contributed by atoms with E-state index in [1.807, 2.05) is 12.1 Å². The highest BCUT2D eigenvalue weighted by atomic mass is 16.5. The van der Waals surface area contributed by atoms with Gasteiger partial charge in [-0.05, 0) is 43.0 Å². The Kier molecular flexibility index (Phi) is 4.53. The molecule has 128 valence electrons. The molecule has 1 saturated heterocycles. The third kappa shape index (κ3) is 2.99. The number of phenolic OH excluding ortho intramolecular Hbond substituents is 1. The number of ether oxygens (including phenoxy) is 1. The third-order valence-electron chi connectivity index (χ3n) is 4.89. The molecule has 1 aromatic carbocycles. The number of nitrogen functional groups attached to an aromatic ring is 1. The van der Waals surface area contributed by atoms with E-state index in [0.29, 0.717) is 28.9 Å². The third-order valence-corrected chi connectivity index (χ3v) is 4.89. The lowest BCUT2D eigenvalue weighted by molar-refractivity contribution is 0.0463. The maximum absolute atomic E-state index is 9.97. The van der Waals surface area contributed by atoms with E-state index in [4.69, 9.17) is 16.2 Å². The second kappa shape index (κ2) is 6.61. The fourth-order valence-electron chi connectivity index (χ4n) is 3.47. The van der Waals surface area contributed by atoms with Gasteiger partial charge >= 0.3 is 0 Å². The minimum absolute atomic E-state index is 0.163. The van der Waals surface area contributed by atoms with Crippen LogP contribution in [0.15, 0.2) is 24.3 Å². The Morgan fingerprint density at radius 3 is 2.83 bits per heavy atom. The quantitative estimate of drug-likeness (QED) is 0.696. The SMILES string of the molecule is Cc1c(C2CCOCC2C)[nH]c(N)c1/C=C(\N)c1ccccc1O. The van der Waals surface area contributed by atoms with E-state index in [9.17, 15) is 5.11 Å². The molecule has 0 radical (unpaired) electrons. The highest BCUT2D eigenvalue weighted by Crippen LogP contribution is 2.37. The van der Waals surface area contributed by atoms with Gasteiger partial charge in [-0.25, -0.2) is 0 Å². The van der Waals surface area contributed by atoms with Gasteiger partial charge < -0.3 is 26.3 Å². The lowest BCUT2D eigenvalue weighted by Gasteiger charge is -2.28. The predicted octanol–water partition coefficient (Wildman–Crippen LogP) is 3.21. The van der Waals surface area contributed by atoms with Crippen molar-refractivity contribution in [3.63, 3.8) is 0 Å². The summed E-state index contributed by atoms with van der Waals surface area (Å²) in [4.78, 5) is 3.34. The Morgan fingerprint density at radius 1 is 1.38 bits per heavy atom. The summed E-state index contributed by atoms with van der Waals surface area (Å²) in [5, 5.41) is 9.97. The number of phenols is 1. The van der Waals surface area contributed by atoms with E-state index in [1.165, 1.54) is 5.69 Å². The van der Waals surface area contributed by atoms with Crippen molar-refractivity contribution in [1.82, 2.24) is 4.98 Å². The molecule has 2 aromatic rings. The van der Waals surface area contributed by atoms with Gasteiger partial charge in [0, 0.05) is 41.6 Å². The maximum Gasteiger partial charge on any atom is 0.124 e. The average molecular weight is 327 g/mol. The number of H-pyrrole nitrogens is 1. The van der Waals surface area contributed by atoms with Crippen molar-refractivity contribution in [2.45, 2.75) is 26.2 Å². The lowest BCUT2D eigenvalue weighted by atomic mass is 9.85. The number of nitrogens with one attached hydrogen (secondary N) is 1. The van der Waals surface area contributed by atoms with Gasteiger partial charge in [0.25, 0.3) is 0 Å². The van der Waals surface area contributed by atoms with E-state index in [0.717, 1.165) is 30.8 Å². The molecule has 0 bridgehead atoms. The van der Waals surface area contributed by atoms with Gasteiger partial charge in [-0.1, -0.05) is 19.1 Å². The maximum atomic E-state index is 9.97. The topological polar surface area (TPSA) is 97.3 Å². The molecule has 1 aliphatic rings. The van der Waals surface area contributed by atoms with Crippen molar-refractivity contribution >= 4 is 17.6 Å². The summed E-state index contributed by atoms with van der Waals surface area (Å²) in [6.45, 7) is 5.81. The first-order chi connectivity index (χ1) is 11.5. The number of hydrogen-bond acceptors (Lipinski definition) is 4. The van der Waals surface area contributed by atoms with E-state index in [-0.39, 0.29) is 5.75 Å². The standard InChI is InChI=1S/C19H25N3O2/c1-11-10-24-8-7-13(11)18-12(2)15(19(21)22-18)9-16(20)14-5-3-4-6-17(14)23/h3-6,9,11,13,22-23H,7-8,10,20-21H2,1-2H3/b16-9-. The van der Waals surface area contributed by atoms with Crippen molar-refractivity contribution in [3.05, 3.63) is 46.6 Å². The molecule has 24 heavy (non-hydrogen) atoms. The van der Waals surface area contributed by atoms with Gasteiger partial charge in [-0.15, -0.1) is 0 Å². The first-order valence-electron chi connectivity index (χ1n) is 8.30.